The van der Waals surface area contributed by atoms with E-state index >= 15 is 0 Å². The van der Waals surface area contributed by atoms with Gasteiger partial charge < -0.3 is 19.9 Å². The molecule has 0 aromatic heterocycles. The van der Waals surface area contributed by atoms with Crippen molar-refractivity contribution in [2.24, 2.45) is 0 Å². The van der Waals surface area contributed by atoms with Crippen molar-refractivity contribution in [3.63, 3.8) is 0 Å². The first-order valence-corrected chi connectivity index (χ1v) is 4.70. The highest BCUT2D eigenvalue weighted by Crippen LogP contribution is 2.12. The summed E-state index contributed by atoms with van der Waals surface area (Å²) < 4.78 is 10.3. The predicted octanol–water partition coefficient (Wildman–Crippen LogP) is -0.145. The van der Waals surface area contributed by atoms with E-state index < -0.39 is 11.5 Å². The van der Waals surface area contributed by atoms with Crippen molar-refractivity contribution in [3.8, 4) is 0 Å². The third kappa shape index (κ3) is 2.67. The zero-order valence-electron chi connectivity index (χ0n) is 8.58. The molecule has 2 N–H and O–H groups in total. The highest BCUT2D eigenvalue weighted by molar-refractivity contribution is 5.78. The summed E-state index contributed by atoms with van der Waals surface area (Å²) in [5, 5.41) is 11.7. The second-order valence-electron chi connectivity index (χ2n) is 3.67. The van der Waals surface area contributed by atoms with Crippen molar-refractivity contribution in [2.75, 3.05) is 26.9 Å². The van der Waals surface area contributed by atoms with E-state index in [1.54, 1.807) is 14.0 Å². The summed E-state index contributed by atoms with van der Waals surface area (Å²) in [7, 11) is 1.64. The Morgan fingerprint density at radius 2 is 2.36 bits per heavy atom. The van der Waals surface area contributed by atoms with Gasteiger partial charge in [-0.1, -0.05) is 0 Å². The van der Waals surface area contributed by atoms with Gasteiger partial charge in [-0.25, -0.2) is 0 Å². The number of nitrogens with one attached hydrogen (secondary N) is 1. The van der Waals surface area contributed by atoms with Gasteiger partial charge in [-0.15, -0.1) is 0 Å². The van der Waals surface area contributed by atoms with Gasteiger partial charge in [0.2, 0.25) is 0 Å². The fourth-order valence-electron chi connectivity index (χ4n) is 1.08. The van der Waals surface area contributed by atoms with Crippen LogP contribution in [0.15, 0.2) is 0 Å². The maximum Gasteiger partial charge on any atom is 0.323 e. The highest BCUT2D eigenvalue weighted by Gasteiger charge is 2.31. The lowest BCUT2D eigenvalue weighted by Crippen LogP contribution is -2.49. The summed E-state index contributed by atoms with van der Waals surface area (Å²) in [5.74, 6) is -0.853. The van der Waals surface area contributed by atoms with Crippen molar-refractivity contribution in [1.29, 1.82) is 0 Å². The first-order valence-electron chi connectivity index (χ1n) is 4.70. The van der Waals surface area contributed by atoms with E-state index in [-0.39, 0.29) is 6.10 Å². The van der Waals surface area contributed by atoms with Gasteiger partial charge in [0.15, 0.2) is 0 Å². The third-order valence-electron chi connectivity index (χ3n) is 2.59. The van der Waals surface area contributed by atoms with Crippen LogP contribution < -0.4 is 5.32 Å². The number of ether oxygens (including phenoxy) is 2. The van der Waals surface area contributed by atoms with E-state index in [0.29, 0.717) is 26.2 Å². The molecule has 0 amide bonds. The number of carboxylic acid groups (broad SMARTS) is 1. The van der Waals surface area contributed by atoms with Crippen LogP contribution in [0.4, 0.5) is 0 Å². The van der Waals surface area contributed by atoms with Gasteiger partial charge in [-0.2, -0.15) is 0 Å². The van der Waals surface area contributed by atoms with Crippen LogP contribution in [-0.2, 0) is 14.3 Å². The van der Waals surface area contributed by atoms with Gasteiger partial charge in [0.1, 0.15) is 11.6 Å². The van der Waals surface area contributed by atoms with Crippen LogP contribution in [-0.4, -0.2) is 49.6 Å². The molecule has 0 spiro atoms. The van der Waals surface area contributed by atoms with Gasteiger partial charge >= 0.3 is 5.97 Å². The van der Waals surface area contributed by atoms with E-state index in [1.165, 1.54) is 0 Å². The lowest BCUT2D eigenvalue weighted by Gasteiger charge is -2.29. The van der Waals surface area contributed by atoms with Crippen molar-refractivity contribution in [3.05, 3.63) is 0 Å². The summed E-state index contributed by atoms with van der Waals surface area (Å²) in [6, 6.07) is 0. The first kappa shape index (κ1) is 11.4. The molecule has 14 heavy (non-hydrogen) atoms. The smallest absolute Gasteiger partial charge is 0.323 e. The topological polar surface area (TPSA) is 67.8 Å². The summed E-state index contributed by atoms with van der Waals surface area (Å²) in [5.41, 5.74) is -0.898. The summed E-state index contributed by atoms with van der Waals surface area (Å²) in [6.07, 6.45) is 0.611. The fourth-order valence-corrected chi connectivity index (χ4v) is 1.08. The minimum absolute atomic E-state index is 0.157. The Morgan fingerprint density at radius 3 is 2.71 bits per heavy atom. The van der Waals surface area contributed by atoms with Crippen molar-refractivity contribution in [2.45, 2.75) is 25.0 Å². The van der Waals surface area contributed by atoms with Crippen LogP contribution in [0.1, 0.15) is 13.3 Å². The fraction of sp³-hybridized carbons (Fsp3) is 0.889. The Balaban J connectivity index is 2.22. The normalized spacial score (nSPS) is 21.3. The molecule has 1 aliphatic heterocycles. The zero-order chi connectivity index (χ0) is 10.6. The molecule has 1 atom stereocenters. The van der Waals surface area contributed by atoms with Gasteiger partial charge in [0.05, 0.1) is 13.2 Å². The van der Waals surface area contributed by atoms with Crippen LogP contribution >= 0.6 is 0 Å². The molecular weight excluding hydrogens is 186 g/mol. The third-order valence-corrected chi connectivity index (χ3v) is 2.59. The molecular formula is C9H17NO4. The molecule has 5 heteroatoms. The standard InChI is InChI=1S/C9H17NO4/c1-9(10-2,8(11)12)3-4-14-7-5-13-6-7/h7,10H,3-6H2,1-2H3,(H,11,12). The number of carbonyl (C=O) groups is 1. The molecule has 1 saturated heterocycles. The minimum Gasteiger partial charge on any atom is -0.480 e. The van der Waals surface area contributed by atoms with Crippen LogP contribution in [0, 0.1) is 0 Å². The number of aliphatic carboxylic acids is 1. The minimum atomic E-state index is -0.898. The van der Waals surface area contributed by atoms with Gasteiger partial charge in [-0.3, -0.25) is 4.79 Å². The second kappa shape index (κ2) is 4.72. The Kier molecular flexibility index (Phi) is 3.86. The summed E-state index contributed by atoms with van der Waals surface area (Å²) in [4.78, 5) is 10.9. The zero-order valence-corrected chi connectivity index (χ0v) is 8.58. The van der Waals surface area contributed by atoms with E-state index in [4.69, 9.17) is 14.6 Å². The largest absolute Gasteiger partial charge is 0.480 e. The summed E-state index contributed by atoms with van der Waals surface area (Å²) >= 11 is 0. The van der Waals surface area contributed by atoms with Crippen LogP contribution in [0.2, 0.25) is 0 Å². The molecule has 0 aromatic rings. The Bertz CT molecular complexity index is 205. The van der Waals surface area contributed by atoms with Gasteiger partial charge in [0.25, 0.3) is 0 Å². The average Bonchev–Trinajstić information content (AvgIpc) is 2.08. The Labute approximate surface area is 83.4 Å². The van der Waals surface area contributed by atoms with E-state index in [0.717, 1.165) is 0 Å². The molecule has 0 aromatic carbocycles. The molecule has 1 fully saturated rings. The van der Waals surface area contributed by atoms with Crippen LogP contribution in [0.3, 0.4) is 0 Å². The lowest BCUT2D eigenvalue weighted by molar-refractivity contribution is -0.149. The molecule has 1 aliphatic rings. The molecule has 5 nitrogen and oxygen atoms in total. The lowest BCUT2D eigenvalue weighted by atomic mass is 9.99. The number of likely N-dealkylation sites (N-methyl/N-ethyl adjacent to an activating group) is 1. The Morgan fingerprint density at radius 1 is 1.71 bits per heavy atom. The molecule has 0 bridgehead atoms. The van der Waals surface area contributed by atoms with Crippen molar-refractivity contribution >= 4 is 5.97 Å². The predicted molar refractivity (Wildman–Crippen MR) is 50.3 cm³/mol. The van der Waals surface area contributed by atoms with Gasteiger partial charge in [-0.05, 0) is 20.4 Å². The molecule has 1 rings (SSSR count). The number of rotatable bonds is 6. The molecule has 82 valence electrons. The van der Waals surface area contributed by atoms with E-state index in [2.05, 4.69) is 5.32 Å². The molecule has 0 radical (unpaired) electrons. The number of carboxylic acids is 1. The second-order valence-corrected chi connectivity index (χ2v) is 3.67. The highest BCUT2D eigenvalue weighted by atomic mass is 16.6. The maximum atomic E-state index is 10.9. The quantitative estimate of drug-likeness (QED) is 0.628. The maximum absolute atomic E-state index is 10.9. The molecule has 1 heterocycles. The van der Waals surface area contributed by atoms with E-state index in [1.807, 2.05) is 0 Å². The first-order chi connectivity index (χ1) is 6.58. The Hall–Kier alpha value is -0.650. The summed E-state index contributed by atoms with van der Waals surface area (Å²) in [6.45, 7) is 3.35. The van der Waals surface area contributed by atoms with Crippen molar-refractivity contribution < 1.29 is 19.4 Å². The SMILES string of the molecule is CNC(C)(CCOC1COC1)C(=O)O. The monoisotopic (exact) mass is 203 g/mol. The molecule has 0 saturated carbocycles. The average molecular weight is 203 g/mol. The van der Waals surface area contributed by atoms with Crippen LogP contribution in [0.25, 0.3) is 0 Å². The van der Waals surface area contributed by atoms with E-state index in [9.17, 15) is 4.79 Å². The number of hydrogen-bond donors (Lipinski definition) is 2. The van der Waals surface area contributed by atoms with Crippen molar-refractivity contribution in [1.82, 2.24) is 5.32 Å². The molecule has 1 unspecified atom stereocenters. The van der Waals surface area contributed by atoms with Crippen LogP contribution in [0.5, 0.6) is 0 Å². The molecule has 0 aliphatic carbocycles. The van der Waals surface area contributed by atoms with Gasteiger partial charge in [0, 0.05) is 6.61 Å². The number of hydrogen-bond acceptors (Lipinski definition) is 4.